The molecule has 0 bridgehead atoms. The number of carboxylic acids is 1. The molecule has 3 aromatic rings. The van der Waals surface area contributed by atoms with Gasteiger partial charge in [0.15, 0.2) is 12.2 Å². The number of aliphatic carboxylic acids is 1. The van der Waals surface area contributed by atoms with Crippen molar-refractivity contribution in [3.63, 3.8) is 0 Å². The van der Waals surface area contributed by atoms with E-state index in [1.807, 2.05) is 6.07 Å². The van der Waals surface area contributed by atoms with Crippen LogP contribution in [-0.4, -0.2) is 41.6 Å². The quantitative estimate of drug-likeness (QED) is 0.286. The Kier molecular flexibility index (Phi) is 9.70. The van der Waals surface area contributed by atoms with E-state index in [1.165, 1.54) is 6.08 Å². The zero-order valence-electron chi connectivity index (χ0n) is 18.5. The van der Waals surface area contributed by atoms with Gasteiger partial charge >= 0.3 is 12.1 Å². The minimum atomic E-state index is -1.17. The number of halogens is 1. The smallest absolute Gasteiger partial charge is 0.412 e. The molecule has 0 heterocycles. The van der Waals surface area contributed by atoms with E-state index < -0.39 is 24.3 Å². The van der Waals surface area contributed by atoms with Crippen LogP contribution >= 0.6 is 15.9 Å². The molecular formula is C26H24BrNO7. The molecule has 2 atom stereocenters. The average molecular weight is 542 g/mol. The van der Waals surface area contributed by atoms with Crippen LogP contribution in [0.25, 0.3) is 0 Å². The third kappa shape index (κ3) is 8.47. The number of aliphatic hydroxyl groups is 1. The number of rotatable bonds is 11. The summed E-state index contributed by atoms with van der Waals surface area (Å²) in [5.74, 6) is -0.183. The highest BCUT2D eigenvalue weighted by atomic mass is 79.9. The maximum absolute atomic E-state index is 12.8. The van der Waals surface area contributed by atoms with Crippen molar-refractivity contribution in [1.82, 2.24) is 0 Å². The van der Waals surface area contributed by atoms with Crippen molar-refractivity contribution in [3.8, 4) is 11.5 Å². The van der Waals surface area contributed by atoms with E-state index in [9.17, 15) is 14.7 Å². The molecule has 35 heavy (non-hydrogen) atoms. The minimum Gasteiger partial charge on any atom is -0.491 e. The predicted octanol–water partition coefficient (Wildman–Crippen LogP) is 5.20. The number of ether oxygens (including phenoxy) is 3. The number of benzene rings is 3. The van der Waals surface area contributed by atoms with Crippen LogP contribution in [0.1, 0.15) is 11.7 Å². The minimum absolute atomic E-state index is 0.128. The molecule has 0 unspecified atom stereocenters. The lowest BCUT2D eigenvalue weighted by Gasteiger charge is -2.26. The lowest BCUT2D eigenvalue weighted by atomic mass is 10.0. The first-order valence-corrected chi connectivity index (χ1v) is 11.4. The number of carbonyl (C=O) groups is 2. The number of carbonyl (C=O) groups excluding carboxylic acids is 1. The van der Waals surface area contributed by atoms with Crippen LogP contribution in [0.15, 0.2) is 95.5 Å². The number of aliphatic hydroxyl groups excluding tert-OH is 1. The van der Waals surface area contributed by atoms with Crippen LogP contribution < -0.4 is 14.8 Å². The van der Waals surface area contributed by atoms with Crippen molar-refractivity contribution in [3.05, 3.63) is 101 Å². The lowest BCUT2D eigenvalue weighted by molar-refractivity contribution is -0.131. The Hall–Kier alpha value is -3.82. The van der Waals surface area contributed by atoms with E-state index in [4.69, 9.17) is 19.3 Å². The fourth-order valence-electron chi connectivity index (χ4n) is 3.07. The number of carboxylic acid groups (broad SMARTS) is 1. The summed E-state index contributed by atoms with van der Waals surface area (Å²) in [4.78, 5) is 24.0. The van der Waals surface area contributed by atoms with Gasteiger partial charge in [-0.05, 0) is 60.2 Å². The molecule has 9 heteroatoms. The first kappa shape index (κ1) is 25.8. The second kappa shape index (κ2) is 13.2. The van der Waals surface area contributed by atoms with Gasteiger partial charge in [0, 0.05) is 16.2 Å². The van der Waals surface area contributed by atoms with Crippen molar-refractivity contribution in [2.75, 3.05) is 18.5 Å². The van der Waals surface area contributed by atoms with Gasteiger partial charge in [0.2, 0.25) is 0 Å². The maximum atomic E-state index is 12.8. The average Bonchev–Trinajstić information content (AvgIpc) is 2.86. The van der Waals surface area contributed by atoms with Gasteiger partial charge in [-0.3, -0.25) is 5.32 Å². The molecule has 1 amide bonds. The van der Waals surface area contributed by atoms with Crippen molar-refractivity contribution >= 4 is 33.7 Å². The molecule has 182 valence electrons. The van der Waals surface area contributed by atoms with E-state index in [0.29, 0.717) is 22.7 Å². The predicted molar refractivity (Wildman–Crippen MR) is 134 cm³/mol. The second-order valence-corrected chi connectivity index (χ2v) is 8.11. The molecule has 0 aliphatic carbocycles. The summed E-state index contributed by atoms with van der Waals surface area (Å²) in [6.07, 6.45) is -0.455. The Morgan fingerprint density at radius 3 is 2.26 bits per heavy atom. The summed E-state index contributed by atoms with van der Waals surface area (Å²) in [5.41, 5.74) is 1.06. The summed E-state index contributed by atoms with van der Waals surface area (Å²) in [6.45, 7) is 0.00660. The van der Waals surface area contributed by atoms with Crippen molar-refractivity contribution in [2.24, 2.45) is 0 Å². The topological polar surface area (TPSA) is 114 Å². The van der Waals surface area contributed by atoms with Gasteiger partial charge in [0.05, 0.1) is 6.61 Å². The molecule has 3 N–H and O–H groups in total. The Bertz CT molecular complexity index is 1120. The van der Waals surface area contributed by atoms with Crippen molar-refractivity contribution in [2.45, 2.75) is 12.2 Å². The SMILES string of the molecule is O=C(O)/C=C/[C@H](Oc1ccccc1)[C@@H](OC(=O)Nc1ccc(Br)cc1)c1ccc(OCCO)cc1. The van der Waals surface area contributed by atoms with E-state index in [1.54, 1.807) is 72.8 Å². The van der Waals surface area contributed by atoms with E-state index in [-0.39, 0.29) is 13.2 Å². The number of hydrogen-bond donors (Lipinski definition) is 3. The standard InChI is InChI=1S/C26H24BrNO7/c27-19-8-10-20(11-9-19)28-26(32)35-25(18-6-12-21(13-7-18)33-17-16-29)23(14-15-24(30)31)34-22-4-2-1-3-5-22/h1-15,23,25,29H,16-17H2,(H,28,32)(H,30,31)/b15-14+/t23-,25-/m0/s1. The molecule has 0 aliphatic heterocycles. The van der Waals surface area contributed by atoms with E-state index in [2.05, 4.69) is 21.2 Å². The summed E-state index contributed by atoms with van der Waals surface area (Å²) in [7, 11) is 0. The van der Waals surface area contributed by atoms with Crippen LogP contribution in [0.2, 0.25) is 0 Å². The Morgan fingerprint density at radius 1 is 0.943 bits per heavy atom. The number of nitrogens with one attached hydrogen (secondary N) is 1. The maximum Gasteiger partial charge on any atom is 0.412 e. The van der Waals surface area contributed by atoms with Crippen LogP contribution in [-0.2, 0) is 9.53 Å². The number of para-hydroxylation sites is 1. The molecule has 0 saturated carbocycles. The molecule has 8 nitrogen and oxygen atoms in total. The number of anilines is 1. The molecule has 0 spiro atoms. The van der Waals surface area contributed by atoms with Gasteiger partial charge in [0.25, 0.3) is 0 Å². The van der Waals surface area contributed by atoms with Crippen molar-refractivity contribution < 1.29 is 34.0 Å². The molecule has 0 saturated heterocycles. The highest BCUT2D eigenvalue weighted by Gasteiger charge is 2.28. The Morgan fingerprint density at radius 2 is 1.63 bits per heavy atom. The summed E-state index contributed by atoms with van der Waals surface area (Å²) in [6, 6.07) is 22.4. The first-order chi connectivity index (χ1) is 16.9. The van der Waals surface area contributed by atoms with Crippen LogP contribution in [0, 0.1) is 0 Å². The van der Waals surface area contributed by atoms with Gasteiger partial charge < -0.3 is 24.4 Å². The molecule has 3 aromatic carbocycles. The molecule has 0 fully saturated rings. The molecule has 0 radical (unpaired) electrons. The van der Waals surface area contributed by atoms with E-state index in [0.717, 1.165) is 10.5 Å². The third-order valence-electron chi connectivity index (χ3n) is 4.64. The normalized spacial score (nSPS) is 12.5. The summed E-state index contributed by atoms with van der Waals surface area (Å²) < 4.78 is 18.0. The third-order valence-corrected chi connectivity index (χ3v) is 5.16. The molecular weight excluding hydrogens is 518 g/mol. The Balaban J connectivity index is 1.90. The zero-order valence-corrected chi connectivity index (χ0v) is 20.1. The van der Waals surface area contributed by atoms with Gasteiger partial charge in [0.1, 0.15) is 18.1 Å². The van der Waals surface area contributed by atoms with Gasteiger partial charge in [-0.2, -0.15) is 0 Å². The molecule has 0 aromatic heterocycles. The van der Waals surface area contributed by atoms with Crippen LogP contribution in [0.5, 0.6) is 11.5 Å². The highest BCUT2D eigenvalue weighted by molar-refractivity contribution is 9.10. The zero-order chi connectivity index (χ0) is 25.0. The van der Waals surface area contributed by atoms with Crippen LogP contribution in [0.3, 0.4) is 0 Å². The van der Waals surface area contributed by atoms with Gasteiger partial charge in [-0.1, -0.05) is 46.3 Å². The summed E-state index contributed by atoms with van der Waals surface area (Å²) in [5, 5.41) is 20.8. The molecule has 0 aliphatic rings. The lowest BCUT2D eigenvalue weighted by Crippen LogP contribution is -2.29. The number of amides is 1. The van der Waals surface area contributed by atoms with Crippen molar-refractivity contribution in [1.29, 1.82) is 0 Å². The second-order valence-electron chi connectivity index (χ2n) is 7.19. The molecule has 3 rings (SSSR count). The fourth-order valence-corrected chi connectivity index (χ4v) is 3.34. The fraction of sp³-hybridized carbons (Fsp3) is 0.154. The first-order valence-electron chi connectivity index (χ1n) is 10.6. The highest BCUT2D eigenvalue weighted by Crippen LogP contribution is 2.29. The largest absolute Gasteiger partial charge is 0.491 e. The van der Waals surface area contributed by atoms with E-state index >= 15 is 0 Å². The Labute approximate surface area is 210 Å². The number of hydrogen-bond acceptors (Lipinski definition) is 6. The summed E-state index contributed by atoms with van der Waals surface area (Å²) >= 11 is 3.34. The van der Waals surface area contributed by atoms with Gasteiger partial charge in [-0.25, -0.2) is 9.59 Å². The van der Waals surface area contributed by atoms with Gasteiger partial charge in [-0.15, -0.1) is 0 Å². The van der Waals surface area contributed by atoms with Crippen LogP contribution in [0.4, 0.5) is 10.5 Å². The monoisotopic (exact) mass is 541 g/mol.